The van der Waals surface area contributed by atoms with Crippen molar-refractivity contribution in [3.63, 3.8) is 0 Å². The van der Waals surface area contributed by atoms with Gasteiger partial charge in [-0.2, -0.15) is 0 Å². The number of hydrogen-bond acceptors (Lipinski definition) is 3. The lowest BCUT2D eigenvalue weighted by atomic mass is 9.51. The van der Waals surface area contributed by atoms with Crippen LogP contribution >= 0.6 is 0 Å². The van der Waals surface area contributed by atoms with Crippen LogP contribution in [-0.2, 0) is 9.53 Å². The summed E-state index contributed by atoms with van der Waals surface area (Å²) in [6.45, 7) is 11.7. The van der Waals surface area contributed by atoms with E-state index in [1.54, 1.807) is 11.1 Å². The molecule has 1 heterocycles. The van der Waals surface area contributed by atoms with Crippen LogP contribution in [0.25, 0.3) is 0 Å². The number of likely N-dealkylation sites (N-methyl/N-ethyl adjacent to an activating group) is 1. The highest BCUT2D eigenvalue weighted by Gasteiger charge is 2.61. The molecule has 0 bridgehead atoms. The third kappa shape index (κ3) is 2.97. The molecule has 5 rings (SSSR count). The first-order chi connectivity index (χ1) is 15.2. The zero-order chi connectivity index (χ0) is 22.9. The van der Waals surface area contributed by atoms with E-state index in [1.807, 2.05) is 11.9 Å². The number of hydrogen-bond donors (Lipinski definition) is 0. The minimum Gasteiger partial charge on any atom is -0.372 e. The summed E-state index contributed by atoms with van der Waals surface area (Å²) in [5.74, 6) is 1.74. The standard InChI is InChI=1S/C28H44N2O2/c1-19(30(6)18-31)22-12-14-27(3)23-8-9-24-20(17-21(23)11-13-26(22,27)2)7-10-25-28(24,4)32-16-15-29(25)5/h11,17-19,22-25H,7-10,12-16H2,1-6H3/t19-,22+,23+,24+,25-,26+,27-,28+/m0/s1. The molecule has 1 saturated heterocycles. The van der Waals surface area contributed by atoms with Crippen LogP contribution in [-0.4, -0.2) is 61.1 Å². The second-order valence-electron chi connectivity index (χ2n) is 12.4. The van der Waals surface area contributed by atoms with Crippen molar-refractivity contribution in [3.8, 4) is 0 Å². The third-order valence-corrected chi connectivity index (χ3v) is 11.4. The summed E-state index contributed by atoms with van der Waals surface area (Å²) < 4.78 is 6.60. The summed E-state index contributed by atoms with van der Waals surface area (Å²) in [4.78, 5) is 16.0. The zero-order valence-electron chi connectivity index (χ0n) is 21.2. The van der Waals surface area contributed by atoms with Crippen molar-refractivity contribution < 1.29 is 9.53 Å². The number of nitrogens with zero attached hydrogens (tertiary/aromatic N) is 2. The first kappa shape index (κ1) is 22.7. The van der Waals surface area contributed by atoms with Gasteiger partial charge in [-0.25, -0.2) is 0 Å². The fourth-order valence-corrected chi connectivity index (χ4v) is 9.05. The van der Waals surface area contributed by atoms with Gasteiger partial charge in [-0.1, -0.05) is 31.6 Å². The van der Waals surface area contributed by atoms with Crippen LogP contribution in [0, 0.1) is 28.6 Å². The monoisotopic (exact) mass is 440 g/mol. The van der Waals surface area contributed by atoms with Crippen LogP contribution in [0.5, 0.6) is 0 Å². The van der Waals surface area contributed by atoms with E-state index in [1.165, 1.54) is 38.5 Å². The fraction of sp³-hybridized carbons (Fsp3) is 0.821. The van der Waals surface area contributed by atoms with Gasteiger partial charge in [0, 0.05) is 31.6 Å². The van der Waals surface area contributed by atoms with E-state index in [-0.39, 0.29) is 11.0 Å². The fourth-order valence-electron chi connectivity index (χ4n) is 9.05. The van der Waals surface area contributed by atoms with Crippen molar-refractivity contribution >= 4 is 6.41 Å². The Morgan fingerprint density at radius 3 is 2.66 bits per heavy atom. The van der Waals surface area contributed by atoms with Crippen molar-refractivity contribution in [1.29, 1.82) is 0 Å². The van der Waals surface area contributed by atoms with Crippen LogP contribution < -0.4 is 0 Å². The Labute approximate surface area is 195 Å². The Bertz CT molecular complexity index is 835. The Morgan fingerprint density at radius 1 is 1.16 bits per heavy atom. The Balaban J connectivity index is 1.47. The molecule has 3 fully saturated rings. The summed E-state index contributed by atoms with van der Waals surface area (Å²) in [5, 5.41) is 0. The van der Waals surface area contributed by atoms with E-state index in [4.69, 9.17) is 4.74 Å². The Morgan fingerprint density at radius 2 is 1.91 bits per heavy atom. The van der Waals surface area contributed by atoms with Crippen LogP contribution in [0.15, 0.2) is 23.3 Å². The maximum absolute atomic E-state index is 11.5. The second kappa shape index (κ2) is 7.70. The molecule has 0 radical (unpaired) electrons. The number of amides is 1. The molecule has 0 aromatic carbocycles. The number of allylic oxidation sites excluding steroid dienone is 3. The molecule has 0 unspecified atom stereocenters. The molecule has 0 N–H and O–H groups in total. The molecule has 4 heteroatoms. The summed E-state index contributed by atoms with van der Waals surface area (Å²) in [6.07, 6.45) is 14.9. The number of morpholine rings is 1. The zero-order valence-corrected chi connectivity index (χ0v) is 21.2. The lowest BCUT2D eigenvalue weighted by Crippen LogP contribution is -2.62. The molecule has 0 aromatic heterocycles. The largest absolute Gasteiger partial charge is 0.372 e. The van der Waals surface area contributed by atoms with Crippen LogP contribution in [0.3, 0.4) is 0 Å². The first-order valence-electron chi connectivity index (χ1n) is 13.1. The van der Waals surface area contributed by atoms with Gasteiger partial charge in [0.1, 0.15) is 0 Å². The minimum absolute atomic E-state index is 0.0469. The van der Waals surface area contributed by atoms with Crippen molar-refractivity contribution in [3.05, 3.63) is 23.3 Å². The average molecular weight is 441 g/mol. The van der Waals surface area contributed by atoms with Crippen molar-refractivity contribution in [2.75, 3.05) is 27.2 Å². The Kier molecular flexibility index (Phi) is 5.45. The van der Waals surface area contributed by atoms with Gasteiger partial charge in [-0.3, -0.25) is 9.69 Å². The highest BCUT2D eigenvalue weighted by atomic mass is 16.5. The normalized spacial score (nSPS) is 47.1. The average Bonchev–Trinajstić information content (AvgIpc) is 2.91. The quantitative estimate of drug-likeness (QED) is 0.576. The topological polar surface area (TPSA) is 32.8 Å². The SMILES string of the molecule is C[C@@H]([C@H]1CC[C@@]2(C)[C@@H]3CC[C@@H]4C(=CC3=CC[C@]12C)CC[C@@H]1N(C)CCO[C@]41C)N(C)C=O. The van der Waals surface area contributed by atoms with Gasteiger partial charge in [0.2, 0.25) is 6.41 Å². The molecule has 4 aliphatic carbocycles. The molecule has 1 amide bonds. The molecular weight excluding hydrogens is 396 g/mol. The lowest BCUT2D eigenvalue weighted by molar-refractivity contribution is -0.166. The van der Waals surface area contributed by atoms with Crippen LogP contribution in [0.1, 0.15) is 72.6 Å². The van der Waals surface area contributed by atoms with Gasteiger partial charge >= 0.3 is 0 Å². The smallest absolute Gasteiger partial charge is 0.209 e. The maximum Gasteiger partial charge on any atom is 0.209 e. The summed E-state index contributed by atoms with van der Waals surface area (Å²) in [5.41, 5.74) is 3.78. The predicted molar refractivity (Wildman–Crippen MR) is 129 cm³/mol. The molecule has 5 aliphatic rings. The lowest BCUT2D eigenvalue weighted by Gasteiger charge is -2.54. The molecule has 1 aliphatic heterocycles. The summed E-state index contributed by atoms with van der Waals surface area (Å²) >= 11 is 0. The summed E-state index contributed by atoms with van der Waals surface area (Å²) in [6, 6.07) is 0.843. The number of ether oxygens (including phenoxy) is 1. The van der Waals surface area contributed by atoms with Gasteiger partial charge in [0.05, 0.1) is 12.2 Å². The van der Waals surface area contributed by atoms with Gasteiger partial charge in [0.25, 0.3) is 0 Å². The summed E-state index contributed by atoms with van der Waals surface area (Å²) in [7, 11) is 4.25. The molecule has 0 aromatic rings. The van der Waals surface area contributed by atoms with Crippen LogP contribution in [0.2, 0.25) is 0 Å². The highest BCUT2D eigenvalue weighted by molar-refractivity contribution is 5.47. The van der Waals surface area contributed by atoms with Gasteiger partial charge < -0.3 is 9.64 Å². The molecule has 2 saturated carbocycles. The van der Waals surface area contributed by atoms with Gasteiger partial charge in [-0.15, -0.1) is 0 Å². The predicted octanol–water partition coefficient (Wildman–Crippen LogP) is 5.05. The highest BCUT2D eigenvalue weighted by Crippen LogP contribution is 2.68. The molecule has 4 nitrogen and oxygen atoms in total. The number of carbonyl (C=O) groups excluding carboxylic acids is 1. The molecule has 32 heavy (non-hydrogen) atoms. The van der Waals surface area contributed by atoms with E-state index >= 15 is 0 Å². The van der Waals surface area contributed by atoms with Crippen molar-refractivity contribution in [2.45, 2.75) is 90.3 Å². The van der Waals surface area contributed by atoms with Gasteiger partial charge in [-0.05, 0) is 94.1 Å². The molecular formula is C28H44N2O2. The number of fused-ring (bicyclic) bond motifs is 6. The van der Waals surface area contributed by atoms with E-state index in [0.717, 1.165) is 26.0 Å². The molecule has 0 spiro atoms. The number of carbonyl (C=O) groups is 1. The minimum atomic E-state index is -0.0469. The molecule has 178 valence electrons. The van der Waals surface area contributed by atoms with E-state index in [2.05, 4.69) is 51.8 Å². The third-order valence-electron chi connectivity index (χ3n) is 11.4. The van der Waals surface area contributed by atoms with Crippen molar-refractivity contribution in [2.24, 2.45) is 28.6 Å². The van der Waals surface area contributed by atoms with Gasteiger partial charge in [0.15, 0.2) is 0 Å². The number of rotatable bonds is 3. The van der Waals surface area contributed by atoms with Crippen molar-refractivity contribution in [1.82, 2.24) is 9.80 Å². The van der Waals surface area contributed by atoms with E-state index in [0.29, 0.717) is 35.3 Å². The Hall–Kier alpha value is -1.13. The maximum atomic E-state index is 11.5. The van der Waals surface area contributed by atoms with Crippen LogP contribution in [0.4, 0.5) is 0 Å². The molecule has 8 atom stereocenters. The van der Waals surface area contributed by atoms with E-state index < -0.39 is 0 Å². The van der Waals surface area contributed by atoms with E-state index in [9.17, 15) is 4.79 Å². The second-order valence-corrected chi connectivity index (χ2v) is 12.4. The first-order valence-corrected chi connectivity index (χ1v) is 13.1.